The number of benzene rings is 1. The highest BCUT2D eigenvalue weighted by atomic mass is 79.9. The minimum Gasteiger partial charge on any atom is -0.381 e. The molecule has 0 amide bonds. The lowest BCUT2D eigenvalue weighted by molar-refractivity contribution is 0.168. The lowest BCUT2D eigenvalue weighted by Gasteiger charge is -2.45. The maximum absolute atomic E-state index is 6.44. The molecule has 3 N–H and O–H groups in total. The van der Waals surface area contributed by atoms with Crippen LogP contribution in [0.4, 0.5) is 5.69 Å². The molecule has 1 aromatic carbocycles. The Balaban J connectivity index is 1.99. The number of nitrogens with two attached hydrogens (primary N) is 1. The molecule has 2 aliphatic heterocycles. The molecule has 17 heavy (non-hydrogen) atoms. The van der Waals surface area contributed by atoms with Crippen LogP contribution in [0.15, 0.2) is 22.7 Å². The Morgan fingerprint density at radius 2 is 2.29 bits per heavy atom. The molecule has 3 atom stereocenters. The van der Waals surface area contributed by atoms with E-state index in [9.17, 15) is 0 Å². The van der Waals surface area contributed by atoms with Crippen molar-refractivity contribution in [2.75, 3.05) is 25.5 Å². The van der Waals surface area contributed by atoms with E-state index in [1.807, 2.05) is 0 Å². The van der Waals surface area contributed by atoms with E-state index in [-0.39, 0.29) is 6.04 Å². The third-order valence-corrected chi connectivity index (χ3v) is 4.72. The molecule has 0 bridgehead atoms. The van der Waals surface area contributed by atoms with E-state index in [1.165, 1.54) is 17.7 Å². The first-order valence-electron chi connectivity index (χ1n) is 6.16. The van der Waals surface area contributed by atoms with Crippen molar-refractivity contribution in [3.05, 3.63) is 28.2 Å². The smallest absolute Gasteiger partial charge is 0.0535 e. The molecule has 0 aromatic heterocycles. The third-order valence-electron chi connectivity index (χ3n) is 4.06. The Morgan fingerprint density at radius 1 is 1.47 bits per heavy atom. The van der Waals surface area contributed by atoms with Crippen molar-refractivity contribution in [3.63, 3.8) is 0 Å². The Morgan fingerprint density at radius 3 is 3.12 bits per heavy atom. The first-order chi connectivity index (χ1) is 8.16. The summed E-state index contributed by atoms with van der Waals surface area (Å²) < 4.78 is 1.13. The lowest BCUT2D eigenvalue weighted by Crippen LogP contribution is -2.51. The minimum absolute atomic E-state index is 0.150. The van der Waals surface area contributed by atoms with Crippen molar-refractivity contribution in [3.8, 4) is 0 Å². The standard InChI is InChI=1S/C13H18BrN3/c1-17-6-5-11-9(7-17)12(15)8-3-2-4-10(14)13(8)16-11/h2-4,9,11-12,16H,5-7,15H2,1H3. The molecule has 0 saturated carbocycles. The van der Waals surface area contributed by atoms with Gasteiger partial charge in [-0.2, -0.15) is 0 Å². The van der Waals surface area contributed by atoms with E-state index in [0.717, 1.165) is 17.6 Å². The van der Waals surface area contributed by atoms with Gasteiger partial charge in [-0.3, -0.25) is 0 Å². The largest absolute Gasteiger partial charge is 0.381 e. The molecule has 2 aliphatic rings. The van der Waals surface area contributed by atoms with E-state index >= 15 is 0 Å². The van der Waals surface area contributed by atoms with Gasteiger partial charge < -0.3 is 16.0 Å². The van der Waals surface area contributed by atoms with Crippen LogP contribution in [0.5, 0.6) is 0 Å². The molecule has 2 heterocycles. The molecule has 3 nitrogen and oxygen atoms in total. The van der Waals surface area contributed by atoms with Crippen molar-refractivity contribution in [2.45, 2.75) is 18.5 Å². The van der Waals surface area contributed by atoms with E-state index in [1.54, 1.807) is 0 Å². The van der Waals surface area contributed by atoms with Crippen LogP contribution in [0.2, 0.25) is 0 Å². The van der Waals surface area contributed by atoms with Crippen molar-refractivity contribution < 1.29 is 0 Å². The number of halogens is 1. The quantitative estimate of drug-likeness (QED) is 0.771. The maximum atomic E-state index is 6.44. The van der Waals surface area contributed by atoms with Crippen LogP contribution in [0, 0.1) is 5.92 Å². The van der Waals surface area contributed by atoms with Gasteiger partial charge in [0.1, 0.15) is 0 Å². The predicted octanol–water partition coefficient (Wildman–Crippen LogP) is 2.19. The third kappa shape index (κ3) is 1.88. The van der Waals surface area contributed by atoms with Crippen LogP contribution < -0.4 is 11.1 Å². The Bertz CT molecular complexity index is 435. The Labute approximate surface area is 110 Å². The van der Waals surface area contributed by atoms with Gasteiger partial charge in [-0.15, -0.1) is 0 Å². The molecular formula is C13H18BrN3. The molecule has 0 spiro atoms. The summed E-state index contributed by atoms with van der Waals surface area (Å²) in [5.74, 6) is 0.524. The van der Waals surface area contributed by atoms with Crippen molar-refractivity contribution >= 4 is 21.6 Å². The van der Waals surface area contributed by atoms with Crippen LogP contribution >= 0.6 is 15.9 Å². The number of fused-ring (bicyclic) bond motifs is 2. The summed E-state index contributed by atoms with van der Waals surface area (Å²) in [6.45, 7) is 2.24. The summed E-state index contributed by atoms with van der Waals surface area (Å²) in [6, 6.07) is 6.96. The monoisotopic (exact) mass is 295 g/mol. The van der Waals surface area contributed by atoms with Crippen LogP contribution in [0.3, 0.4) is 0 Å². The zero-order valence-corrected chi connectivity index (χ0v) is 11.6. The summed E-state index contributed by atoms with van der Waals surface area (Å²) in [5.41, 5.74) is 8.89. The summed E-state index contributed by atoms with van der Waals surface area (Å²) in [4.78, 5) is 2.38. The number of nitrogens with one attached hydrogen (secondary N) is 1. The van der Waals surface area contributed by atoms with E-state index in [0.29, 0.717) is 12.0 Å². The van der Waals surface area contributed by atoms with Crippen molar-refractivity contribution in [1.82, 2.24) is 4.90 Å². The van der Waals surface area contributed by atoms with Crippen LogP contribution in [0.25, 0.3) is 0 Å². The average Bonchev–Trinajstić information content (AvgIpc) is 2.32. The lowest BCUT2D eigenvalue weighted by atomic mass is 9.79. The molecule has 92 valence electrons. The highest BCUT2D eigenvalue weighted by Gasteiger charge is 2.37. The summed E-state index contributed by atoms with van der Waals surface area (Å²) in [6.07, 6.45) is 1.18. The van der Waals surface area contributed by atoms with E-state index in [4.69, 9.17) is 5.73 Å². The average molecular weight is 296 g/mol. The van der Waals surface area contributed by atoms with Crippen molar-refractivity contribution in [2.24, 2.45) is 11.7 Å². The Hall–Kier alpha value is -0.580. The number of anilines is 1. The molecule has 4 heteroatoms. The first kappa shape index (κ1) is 11.5. The second-order valence-corrected chi connectivity index (χ2v) is 6.05. The van der Waals surface area contributed by atoms with Gasteiger partial charge in [-0.1, -0.05) is 12.1 Å². The van der Waals surface area contributed by atoms with E-state index in [2.05, 4.69) is 51.4 Å². The number of rotatable bonds is 0. The number of para-hydroxylation sites is 1. The van der Waals surface area contributed by atoms with Gasteiger partial charge in [-0.05, 0) is 47.6 Å². The SMILES string of the molecule is CN1CCC2Nc3c(Br)cccc3C(N)C2C1. The topological polar surface area (TPSA) is 41.3 Å². The van der Waals surface area contributed by atoms with Gasteiger partial charge in [0, 0.05) is 29.0 Å². The number of piperidine rings is 1. The first-order valence-corrected chi connectivity index (χ1v) is 6.95. The van der Waals surface area contributed by atoms with Gasteiger partial charge in [0.15, 0.2) is 0 Å². The zero-order valence-electron chi connectivity index (χ0n) is 9.99. The normalized spacial score (nSPS) is 32.5. The van der Waals surface area contributed by atoms with E-state index < -0.39 is 0 Å². The van der Waals surface area contributed by atoms with Gasteiger partial charge >= 0.3 is 0 Å². The maximum Gasteiger partial charge on any atom is 0.0535 e. The fraction of sp³-hybridized carbons (Fsp3) is 0.538. The van der Waals surface area contributed by atoms with Crippen LogP contribution in [-0.2, 0) is 0 Å². The molecule has 1 saturated heterocycles. The highest BCUT2D eigenvalue weighted by molar-refractivity contribution is 9.10. The fourth-order valence-corrected chi connectivity index (χ4v) is 3.58. The molecule has 3 unspecified atom stereocenters. The van der Waals surface area contributed by atoms with Crippen LogP contribution in [0.1, 0.15) is 18.0 Å². The number of hydrogen-bond donors (Lipinski definition) is 2. The number of likely N-dealkylation sites (tertiary alicyclic amines) is 1. The molecule has 0 aliphatic carbocycles. The second-order valence-electron chi connectivity index (χ2n) is 5.20. The second kappa shape index (κ2) is 4.26. The van der Waals surface area contributed by atoms with Gasteiger partial charge in [0.2, 0.25) is 0 Å². The number of nitrogens with zero attached hydrogens (tertiary/aromatic N) is 1. The van der Waals surface area contributed by atoms with Gasteiger partial charge in [-0.25, -0.2) is 0 Å². The summed E-state index contributed by atoms with van der Waals surface area (Å²) in [7, 11) is 2.18. The minimum atomic E-state index is 0.150. The molecule has 1 aromatic rings. The van der Waals surface area contributed by atoms with Crippen LogP contribution in [-0.4, -0.2) is 31.1 Å². The van der Waals surface area contributed by atoms with Gasteiger partial charge in [0.25, 0.3) is 0 Å². The molecule has 3 rings (SSSR count). The Kier molecular flexibility index (Phi) is 2.89. The van der Waals surface area contributed by atoms with Gasteiger partial charge in [0.05, 0.1) is 5.69 Å². The summed E-state index contributed by atoms with van der Waals surface area (Å²) in [5, 5.41) is 3.66. The zero-order chi connectivity index (χ0) is 12.0. The van der Waals surface area contributed by atoms with Crippen molar-refractivity contribution in [1.29, 1.82) is 0 Å². The molecular weight excluding hydrogens is 278 g/mol. The fourth-order valence-electron chi connectivity index (χ4n) is 3.08. The molecule has 0 radical (unpaired) electrons. The number of hydrogen-bond acceptors (Lipinski definition) is 3. The highest BCUT2D eigenvalue weighted by Crippen LogP contribution is 2.41. The molecule has 1 fully saturated rings. The predicted molar refractivity (Wildman–Crippen MR) is 74.1 cm³/mol. The summed E-state index contributed by atoms with van der Waals surface area (Å²) >= 11 is 3.61.